The van der Waals surface area contributed by atoms with Crippen LogP contribution >= 0.6 is 11.6 Å². The van der Waals surface area contributed by atoms with Gasteiger partial charge in [0.25, 0.3) is 11.8 Å². The van der Waals surface area contributed by atoms with Crippen molar-refractivity contribution < 1.29 is 18.0 Å². The molecule has 9 heteroatoms. The molecule has 7 nitrogen and oxygen atoms in total. The predicted octanol–water partition coefficient (Wildman–Crippen LogP) is 2.90. The standard InChI is InChI=1S/C20H22ClN3O4S/c1-14-5-6-16(13-18(14)29(27,28)24-11-3-2-4-12-24)20(26)23-22-19(25)15-7-9-17(21)10-8-15/h5-10,13H,2-4,11-12H2,1H3,(H,22,25)(H,23,26). The molecule has 29 heavy (non-hydrogen) atoms. The molecule has 0 bridgehead atoms. The van der Waals surface area contributed by atoms with Crippen molar-refractivity contribution in [3.63, 3.8) is 0 Å². The fourth-order valence-corrected chi connectivity index (χ4v) is 5.02. The van der Waals surface area contributed by atoms with E-state index in [1.54, 1.807) is 25.1 Å². The van der Waals surface area contributed by atoms with Gasteiger partial charge in [0, 0.05) is 29.2 Å². The number of sulfonamides is 1. The van der Waals surface area contributed by atoms with E-state index < -0.39 is 21.8 Å². The Morgan fingerprint density at radius 2 is 1.45 bits per heavy atom. The summed E-state index contributed by atoms with van der Waals surface area (Å²) >= 11 is 5.79. The molecule has 0 unspecified atom stereocenters. The number of carbonyl (C=O) groups is 2. The second kappa shape index (κ2) is 8.94. The molecule has 0 atom stereocenters. The number of rotatable bonds is 4. The van der Waals surface area contributed by atoms with Crippen molar-refractivity contribution in [3.8, 4) is 0 Å². The highest BCUT2D eigenvalue weighted by Crippen LogP contribution is 2.24. The molecular weight excluding hydrogens is 414 g/mol. The topological polar surface area (TPSA) is 95.6 Å². The Morgan fingerprint density at radius 3 is 2.07 bits per heavy atom. The molecule has 0 aromatic heterocycles. The van der Waals surface area contributed by atoms with Gasteiger partial charge in [-0.2, -0.15) is 4.31 Å². The van der Waals surface area contributed by atoms with Gasteiger partial charge in [-0.1, -0.05) is 24.1 Å². The normalized spacial score (nSPS) is 15.0. The lowest BCUT2D eigenvalue weighted by atomic mass is 10.1. The molecule has 1 fully saturated rings. The number of nitrogens with one attached hydrogen (secondary N) is 2. The van der Waals surface area contributed by atoms with Crippen LogP contribution in [0.5, 0.6) is 0 Å². The maximum atomic E-state index is 13.0. The Balaban J connectivity index is 1.73. The SMILES string of the molecule is Cc1ccc(C(=O)NNC(=O)c2ccc(Cl)cc2)cc1S(=O)(=O)N1CCCCC1. The molecule has 2 aromatic carbocycles. The average molecular weight is 436 g/mol. The van der Waals surface area contributed by atoms with Crippen molar-refractivity contribution in [1.29, 1.82) is 0 Å². The lowest BCUT2D eigenvalue weighted by Crippen LogP contribution is -2.41. The Morgan fingerprint density at radius 1 is 0.897 bits per heavy atom. The Labute approximate surface area is 175 Å². The molecule has 1 heterocycles. The summed E-state index contributed by atoms with van der Waals surface area (Å²) < 4.78 is 27.4. The number of aryl methyl sites for hydroxylation is 1. The maximum Gasteiger partial charge on any atom is 0.269 e. The minimum Gasteiger partial charge on any atom is -0.267 e. The van der Waals surface area contributed by atoms with Gasteiger partial charge < -0.3 is 0 Å². The number of nitrogens with zero attached hydrogens (tertiary/aromatic N) is 1. The first-order valence-electron chi connectivity index (χ1n) is 9.26. The number of benzene rings is 2. The van der Waals surface area contributed by atoms with Crippen molar-refractivity contribution in [3.05, 3.63) is 64.2 Å². The molecule has 154 valence electrons. The summed E-state index contributed by atoms with van der Waals surface area (Å²) in [4.78, 5) is 24.7. The number of amides is 2. The van der Waals surface area contributed by atoms with Crippen LogP contribution in [0, 0.1) is 6.92 Å². The van der Waals surface area contributed by atoms with Crippen molar-refractivity contribution in [1.82, 2.24) is 15.2 Å². The van der Waals surface area contributed by atoms with Crippen molar-refractivity contribution in [2.75, 3.05) is 13.1 Å². The molecule has 0 aliphatic carbocycles. The first-order chi connectivity index (χ1) is 13.8. The number of piperidine rings is 1. The van der Waals surface area contributed by atoms with Crippen LogP contribution in [0.1, 0.15) is 45.5 Å². The highest BCUT2D eigenvalue weighted by Gasteiger charge is 2.28. The highest BCUT2D eigenvalue weighted by molar-refractivity contribution is 7.89. The zero-order valence-corrected chi connectivity index (χ0v) is 17.5. The Kier molecular flexibility index (Phi) is 6.56. The van der Waals surface area contributed by atoms with E-state index in [4.69, 9.17) is 11.6 Å². The van der Waals surface area contributed by atoms with E-state index in [1.165, 1.54) is 28.6 Å². The molecule has 0 spiro atoms. The Hall–Kier alpha value is -2.42. The average Bonchev–Trinajstić information content (AvgIpc) is 2.73. The van der Waals surface area contributed by atoms with Crippen LogP contribution in [-0.2, 0) is 10.0 Å². The molecule has 0 saturated carbocycles. The van der Waals surface area contributed by atoms with E-state index in [9.17, 15) is 18.0 Å². The van der Waals surface area contributed by atoms with E-state index in [-0.39, 0.29) is 10.5 Å². The third-order valence-electron chi connectivity index (χ3n) is 4.78. The smallest absolute Gasteiger partial charge is 0.267 e. The number of halogens is 1. The summed E-state index contributed by atoms with van der Waals surface area (Å²) in [7, 11) is -3.67. The molecule has 2 amide bonds. The van der Waals surface area contributed by atoms with Gasteiger partial charge in [0.1, 0.15) is 0 Å². The van der Waals surface area contributed by atoms with E-state index in [1.807, 2.05) is 0 Å². The first-order valence-corrected chi connectivity index (χ1v) is 11.1. The molecule has 3 rings (SSSR count). The van der Waals surface area contributed by atoms with E-state index in [2.05, 4.69) is 10.9 Å². The third kappa shape index (κ3) is 4.95. The number of hydrogen-bond donors (Lipinski definition) is 2. The fraction of sp³-hybridized carbons (Fsp3) is 0.300. The monoisotopic (exact) mass is 435 g/mol. The van der Waals surface area contributed by atoms with Crippen molar-refractivity contribution in [2.24, 2.45) is 0 Å². The van der Waals surface area contributed by atoms with Crippen LogP contribution < -0.4 is 10.9 Å². The summed E-state index contributed by atoms with van der Waals surface area (Å²) in [5, 5.41) is 0.493. The largest absolute Gasteiger partial charge is 0.269 e. The summed E-state index contributed by atoms with van der Waals surface area (Å²) in [6.45, 7) is 2.66. The number of hydrogen-bond acceptors (Lipinski definition) is 4. The molecule has 0 radical (unpaired) electrons. The van der Waals surface area contributed by atoms with Crippen molar-refractivity contribution >= 4 is 33.4 Å². The summed E-state index contributed by atoms with van der Waals surface area (Å²) in [6.07, 6.45) is 2.67. The second-order valence-corrected chi connectivity index (χ2v) is 9.20. The first kappa shape index (κ1) is 21.3. The van der Waals surface area contributed by atoms with Gasteiger partial charge in [0.15, 0.2) is 0 Å². The van der Waals surface area contributed by atoms with Gasteiger partial charge in [-0.15, -0.1) is 0 Å². The zero-order valence-electron chi connectivity index (χ0n) is 15.9. The summed E-state index contributed by atoms with van der Waals surface area (Å²) in [6, 6.07) is 10.6. The summed E-state index contributed by atoms with van der Waals surface area (Å²) in [5.74, 6) is -1.12. The van der Waals surface area contributed by atoms with Gasteiger partial charge >= 0.3 is 0 Å². The minimum absolute atomic E-state index is 0.107. The number of carbonyl (C=O) groups excluding carboxylic acids is 2. The van der Waals surface area contributed by atoms with E-state index >= 15 is 0 Å². The van der Waals surface area contributed by atoms with Crippen LogP contribution in [0.3, 0.4) is 0 Å². The van der Waals surface area contributed by atoms with Gasteiger partial charge in [-0.3, -0.25) is 20.4 Å². The fourth-order valence-electron chi connectivity index (χ4n) is 3.12. The van der Waals surface area contributed by atoms with Crippen LogP contribution in [0.2, 0.25) is 5.02 Å². The molecular formula is C20H22ClN3O4S. The molecule has 1 aliphatic rings. The van der Waals surface area contributed by atoms with Crippen molar-refractivity contribution in [2.45, 2.75) is 31.1 Å². The van der Waals surface area contributed by atoms with Crippen LogP contribution in [0.25, 0.3) is 0 Å². The highest BCUT2D eigenvalue weighted by atomic mass is 35.5. The molecule has 1 saturated heterocycles. The zero-order chi connectivity index (χ0) is 21.0. The molecule has 2 N–H and O–H groups in total. The lowest BCUT2D eigenvalue weighted by molar-refractivity contribution is 0.0846. The Bertz CT molecular complexity index is 1020. The van der Waals surface area contributed by atoms with E-state index in [0.29, 0.717) is 29.2 Å². The number of hydrazine groups is 1. The maximum absolute atomic E-state index is 13.0. The third-order valence-corrected chi connectivity index (χ3v) is 7.07. The van der Waals surface area contributed by atoms with Gasteiger partial charge in [-0.05, 0) is 61.7 Å². The second-order valence-electron chi connectivity index (χ2n) is 6.86. The van der Waals surface area contributed by atoms with Gasteiger partial charge in [0.2, 0.25) is 10.0 Å². The van der Waals surface area contributed by atoms with Crippen LogP contribution in [0.15, 0.2) is 47.4 Å². The van der Waals surface area contributed by atoms with Gasteiger partial charge in [-0.25, -0.2) is 8.42 Å². The lowest BCUT2D eigenvalue weighted by Gasteiger charge is -2.26. The van der Waals surface area contributed by atoms with Crippen LogP contribution in [0.4, 0.5) is 0 Å². The van der Waals surface area contributed by atoms with Crippen LogP contribution in [-0.4, -0.2) is 37.6 Å². The predicted molar refractivity (Wildman–Crippen MR) is 110 cm³/mol. The van der Waals surface area contributed by atoms with Gasteiger partial charge in [0.05, 0.1) is 4.90 Å². The van der Waals surface area contributed by atoms with E-state index in [0.717, 1.165) is 19.3 Å². The quantitative estimate of drug-likeness (QED) is 0.722. The minimum atomic E-state index is -3.67. The molecule has 1 aliphatic heterocycles. The summed E-state index contributed by atoms with van der Waals surface area (Å²) in [5.41, 5.74) is 5.66. The molecule has 2 aromatic rings.